The van der Waals surface area contributed by atoms with Crippen molar-refractivity contribution in [2.75, 3.05) is 13.1 Å². The second kappa shape index (κ2) is 4.74. The number of β-amino-alcohol motifs (C(OH)–C–C–N with tert-alkyl or cyclic N) is 1. The Balaban J connectivity index is 1.97. The van der Waals surface area contributed by atoms with Crippen molar-refractivity contribution in [3.63, 3.8) is 0 Å². The predicted molar refractivity (Wildman–Crippen MR) is 67.7 cm³/mol. The summed E-state index contributed by atoms with van der Waals surface area (Å²) in [6.45, 7) is 2.85. The highest BCUT2D eigenvalue weighted by molar-refractivity contribution is 9.10. The number of hydrogen-bond donors (Lipinski definition) is 1. The zero-order valence-corrected chi connectivity index (χ0v) is 11.3. The van der Waals surface area contributed by atoms with E-state index in [-0.39, 0.29) is 5.91 Å². The largest absolute Gasteiger partial charge is 0.386 e. The van der Waals surface area contributed by atoms with Crippen LogP contribution in [0.15, 0.2) is 22.8 Å². The number of likely N-dealkylation sites (tertiary alicyclic amines) is 1. The van der Waals surface area contributed by atoms with Crippen molar-refractivity contribution in [2.24, 2.45) is 0 Å². The number of pyridine rings is 1. The SMILES string of the molecule is CCCC1(O)CN(C(=O)c2ccc(Br)cn2)C1. The summed E-state index contributed by atoms with van der Waals surface area (Å²) in [6, 6.07) is 3.47. The van der Waals surface area contributed by atoms with Crippen molar-refractivity contribution in [3.05, 3.63) is 28.5 Å². The van der Waals surface area contributed by atoms with Crippen LogP contribution >= 0.6 is 15.9 Å². The van der Waals surface area contributed by atoms with Crippen LogP contribution in [0.5, 0.6) is 0 Å². The van der Waals surface area contributed by atoms with Gasteiger partial charge in [0, 0.05) is 10.7 Å². The topological polar surface area (TPSA) is 53.4 Å². The number of halogens is 1. The van der Waals surface area contributed by atoms with E-state index in [9.17, 15) is 9.90 Å². The molecule has 1 amide bonds. The van der Waals surface area contributed by atoms with Crippen LogP contribution in [-0.4, -0.2) is 39.6 Å². The van der Waals surface area contributed by atoms with Crippen molar-refractivity contribution in [1.82, 2.24) is 9.88 Å². The molecule has 1 aromatic rings. The van der Waals surface area contributed by atoms with Gasteiger partial charge in [-0.1, -0.05) is 13.3 Å². The third kappa shape index (κ3) is 2.66. The van der Waals surface area contributed by atoms with Crippen molar-refractivity contribution in [1.29, 1.82) is 0 Å². The van der Waals surface area contributed by atoms with Crippen molar-refractivity contribution < 1.29 is 9.90 Å². The van der Waals surface area contributed by atoms with E-state index in [1.54, 1.807) is 23.2 Å². The molecule has 0 aromatic carbocycles. The van der Waals surface area contributed by atoms with Crippen LogP contribution in [0.1, 0.15) is 30.3 Å². The number of amides is 1. The highest BCUT2D eigenvalue weighted by atomic mass is 79.9. The molecule has 92 valence electrons. The number of rotatable bonds is 3. The molecule has 1 saturated heterocycles. The van der Waals surface area contributed by atoms with E-state index in [4.69, 9.17) is 0 Å². The Labute approximate surface area is 109 Å². The number of carbonyl (C=O) groups excluding carboxylic acids is 1. The molecule has 1 aliphatic heterocycles. The lowest BCUT2D eigenvalue weighted by atomic mass is 9.89. The molecule has 0 radical (unpaired) electrons. The molecule has 1 N–H and O–H groups in total. The lowest BCUT2D eigenvalue weighted by Crippen LogP contribution is -2.63. The number of carbonyl (C=O) groups is 1. The molecule has 5 heteroatoms. The van der Waals surface area contributed by atoms with Gasteiger partial charge in [-0.3, -0.25) is 4.79 Å². The summed E-state index contributed by atoms with van der Waals surface area (Å²) < 4.78 is 0.847. The second-order valence-corrected chi connectivity index (χ2v) is 5.41. The molecule has 0 bridgehead atoms. The fourth-order valence-electron chi connectivity index (χ4n) is 2.10. The first kappa shape index (κ1) is 12.5. The minimum absolute atomic E-state index is 0.113. The molecule has 0 spiro atoms. The van der Waals surface area contributed by atoms with E-state index in [1.807, 2.05) is 6.92 Å². The number of nitrogens with zero attached hydrogens (tertiary/aromatic N) is 2. The minimum Gasteiger partial charge on any atom is -0.386 e. The van der Waals surface area contributed by atoms with Gasteiger partial charge in [0.1, 0.15) is 5.69 Å². The Morgan fingerprint density at radius 1 is 1.59 bits per heavy atom. The Morgan fingerprint density at radius 3 is 2.82 bits per heavy atom. The van der Waals surface area contributed by atoms with E-state index in [0.29, 0.717) is 18.8 Å². The minimum atomic E-state index is -0.681. The molecule has 4 nitrogen and oxygen atoms in total. The maximum absolute atomic E-state index is 12.0. The molecule has 17 heavy (non-hydrogen) atoms. The molecule has 0 atom stereocenters. The Bertz CT molecular complexity index is 413. The van der Waals surface area contributed by atoms with Crippen molar-refractivity contribution >= 4 is 21.8 Å². The molecule has 2 rings (SSSR count). The van der Waals surface area contributed by atoms with Crippen LogP contribution in [-0.2, 0) is 0 Å². The lowest BCUT2D eigenvalue weighted by molar-refractivity contribution is -0.0861. The standard InChI is InChI=1S/C12H15BrN2O2/c1-2-5-12(17)7-15(8-12)11(16)10-4-3-9(13)6-14-10/h3-4,6,17H,2,5,7-8H2,1H3. The molecule has 0 unspecified atom stereocenters. The van der Waals surface area contributed by atoms with Crippen LogP contribution in [0, 0.1) is 0 Å². The Hall–Kier alpha value is -0.940. The van der Waals surface area contributed by atoms with Gasteiger partial charge in [-0.05, 0) is 34.5 Å². The summed E-state index contributed by atoms with van der Waals surface area (Å²) >= 11 is 3.27. The van der Waals surface area contributed by atoms with E-state index >= 15 is 0 Å². The van der Waals surface area contributed by atoms with E-state index in [0.717, 1.165) is 17.3 Å². The third-order valence-corrected chi connectivity index (χ3v) is 3.39. The molecule has 1 aliphatic rings. The molecule has 2 heterocycles. The van der Waals surface area contributed by atoms with Gasteiger partial charge in [-0.15, -0.1) is 0 Å². The first-order valence-electron chi connectivity index (χ1n) is 5.67. The highest BCUT2D eigenvalue weighted by Gasteiger charge is 2.43. The van der Waals surface area contributed by atoms with Gasteiger partial charge in [0.05, 0.1) is 18.7 Å². The van der Waals surface area contributed by atoms with Crippen LogP contribution in [0.3, 0.4) is 0 Å². The van der Waals surface area contributed by atoms with Crippen LogP contribution in [0.2, 0.25) is 0 Å². The number of aromatic nitrogens is 1. The van der Waals surface area contributed by atoms with Crippen LogP contribution < -0.4 is 0 Å². The summed E-state index contributed by atoms with van der Waals surface area (Å²) in [5, 5.41) is 10.00. The Kier molecular flexibility index (Phi) is 3.49. The zero-order valence-electron chi connectivity index (χ0n) is 9.69. The monoisotopic (exact) mass is 298 g/mol. The molecular formula is C12H15BrN2O2. The quantitative estimate of drug-likeness (QED) is 0.926. The lowest BCUT2D eigenvalue weighted by Gasteiger charge is -2.46. The fourth-order valence-corrected chi connectivity index (χ4v) is 2.33. The fraction of sp³-hybridized carbons (Fsp3) is 0.500. The number of hydrogen-bond acceptors (Lipinski definition) is 3. The summed E-state index contributed by atoms with van der Waals surface area (Å²) in [5.41, 5.74) is -0.258. The molecule has 0 saturated carbocycles. The first-order valence-corrected chi connectivity index (χ1v) is 6.46. The van der Waals surface area contributed by atoms with Crippen LogP contribution in [0.4, 0.5) is 0 Å². The summed E-state index contributed by atoms with van der Waals surface area (Å²) in [6.07, 6.45) is 3.27. The average molecular weight is 299 g/mol. The smallest absolute Gasteiger partial charge is 0.272 e. The highest BCUT2D eigenvalue weighted by Crippen LogP contribution is 2.26. The maximum atomic E-state index is 12.0. The van der Waals surface area contributed by atoms with Gasteiger partial charge in [0.15, 0.2) is 0 Å². The van der Waals surface area contributed by atoms with Gasteiger partial charge in [0.2, 0.25) is 0 Å². The van der Waals surface area contributed by atoms with Crippen molar-refractivity contribution in [3.8, 4) is 0 Å². The van der Waals surface area contributed by atoms with Gasteiger partial charge in [-0.25, -0.2) is 4.98 Å². The average Bonchev–Trinajstić information content (AvgIpc) is 2.26. The van der Waals surface area contributed by atoms with E-state index in [2.05, 4.69) is 20.9 Å². The first-order chi connectivity index (χ1) is 8.04. The normalized spacial score (nSPS) is 17.7. The Morgan fingerprint density at radius 2 is 2.29 bits per heavy atom. The van der Waals surface area contributed by atoms with Crippen LogP contribution in [0.25, 0.3) is 0 Å². The van der Waals surface area contributed by atoms with E-state index in [1.165, 1.54) is 0 Å². The van der Waals surface area contributed by atoms with Crippen molar-refractivity contribution in [2.45, 2.75) is 25.4 Å². The van der Waals surface area contributed by atoms with Gasteiger partial charge < -0.3 is 10.0 Å². The maximum Gasteiger partial charge on any atom is 0.272 e. The van der Waals surface area contributed by atoms with Gasteiger partial charge in [0.25, 0.3) is 5.91 Å². The summed E-state index contributed by atoms with van der Waals surface area (Å²) in [4.78, 5) is 17.7. The summed E-state index contributed by atoms with van der Waals surface area (Å²) in [5.74, 6) is -0.113. The molecule has 1 aromatic heterocycles. The summed E-state index contributed by atoms with van der Waals surface area (Å²) in [7, 11) is 0. The number of aliphatic hydroxyl groups is 1. The zero-order chi connectivity index (χ0) is 12.5. The predicted octanol–water partition coefficient (Wildman–Crippen LogP) is 1.83. The molecule has 0 aliphatic carbocycles. The van der Waals surface area contributed by atoms with Gasteiger partial charge >= 0.3 is 0 Å². The van der Waals surface area contributed by atoms with E-state index < -0.39 is 5.60 Å². The van der Waals surface area contributed by atoms with Gasteiger partial charge in [-0.2, -0.15) is 0 Å². The molecule has 1 fully saturated rings. The second-order valence-electron chi connectivity index (χ2n) is 4.50. The molecular weight excluding hydrogens is 284 g/mol. The third-order valence-electron chi connectivity index (χ3n) is 2.92.